The standard InChI is InChI=1S/C40H79NO2/c1-9-11-13-15-17-19-21-23-25-27-29-31-34-41(35-32-30-28-26-24-22-20-18-16-14-12-10-2)38(3)37-43-40(7,8)33-36-42-39(4,5)6/h9,11H,3,10,12-37H2,1-2,4-8H3/b11-9+. The predicted octanol–water partition coefficient (Wildman–Crippen LogP) is 13.0. The number of nitrogens with zero attached hydrogens (tertiary/aromatic N) is 1. The molecule has 0 atom stereocenters. The average molecular weight is 606 g/mol. The highest BCUT2D eigenvalue weighted by Gasteiger charge is 2.21. The summed E-state index contributed by atoms with van der Waals surface area (Å²) in [6.45, 7) is 23.2. The van der Waals surface area contributed by atoms with E-state index in [4.69, 9.17) is 9.47 Å². The fourth-order valence-corrected chi connectivity index (χ4v) is 5.59. The van der Waals surface area contributed by atoms with Gasteiger partial charge in [-0.2, -0.15) is 0 Å². The molecule has 0 aromatic rings. The van der Waals surface area contributed by atoms with E-state index in [1.165, 1.54) is 141 Å². The summed E-state index contributed by atoms with van der Waals surface area (Å²) in [5.41, 5.74) is 0.852. The molecular formula is C40H79NO2. The summed E-state index contributed by atoms with van der Waals surface area (Å²) in [4.78, 5) is 2.54. The monoisotopic (exact) mass is 606 g/mol. The average Bonchev–Trinajstić information content (AvgIpc) is 2.95. The number of unbranched alkanes of at least 4 members (excludes halogenated alkanes) is 20. The maximum absolute atomic E-state index is 6.39. The number of hydrogen-bond acceptors (Lipinski definition) is 3. The molecule has 0 saturated heterocycles. The summed E-state index contributed by atoms with van der Waals surface area (Å²) in [7, 11) is 0. The topological polar surface area (TPSA) is 21.7 Å². The van der Waals surface area contributed by atoms with Crippen molar-refractivity contribution in [1.29, 1.82) is 0 Å². The molecular weight excluding hydrogens is 526 g/mol. The Morgan fingerprint density at radius 1 is 0.605 bits per heavy atom. The summed E-state index contributed by atoms with van der Waals surface area (Å²) in [6, 6.07) is 0. The lowest BCUT2D eigenvalue weighted by Gasteiger charge is -2.32. The second kappa shape index (κ2) is 28.7. The van der Waals surface area contributed by atoms with Crippen LogP contribution in [-0.4, -0.2) is 42.4 Å². The van der Waals surface area contributed by atoms with E-state index >= 15 is 0 Å². The van der Waals surface area contributed by atoms with Gasteiger partial charge in [-0.1, -0.05) is 141 Å². The number of allylic oxidation sites excluding steroid dienone is 2. The van der Waals surface area contributed by atoms with Crippen LogP contribution in [0.5, 0.6) is 0 Å². The molecule has 0 bridgehead atoms. The molecule has 0 radical (unpaired) electrons. The fourth-order valence-electron chi connectivity index (χ4n) is 5.59. The van der Waals surface area contributed by atoms with Crippen molar-refractivity contribution >= 4 is 0 Å². The molecule has 3 heteroatoms. The Morgan fingerprint density at radius 3 is 1.44 bits per heavy atom. The van der Waals surface area contributed by atoms with Gasteiger partial charge in [0.05, 0.1) is 17.8 Å². The number of rotatable bonds is 32. The predicted molar refractivity (Wildman–Crippen MR) is 193 cm³/mol. The van der Waals surface area contributed by atoms with E-state index in [1.807, 2.05) is 0 Å². The Morgan fingerprint density at radius 2 is 1.02 bits per heavy atom. The van der Waals surface area contributed by atoms with E-state index in [1.54, 1.807) is 0 Å². The Hall–Kier alpha value is -0.800. The highest BCUT2D eigenvalue weighted by Crippen LogP contribution is 2.20. The first-order valence-electron chi connectivity index (χ1n) is 18.9. The third-order valence-corrected chi connectivity index (χ3v) is 8.63. The molecule has 0 aliphatic heterocycles. The van der Waals surface area contributed by atoms with Gasteiger partial charge in [-0.15, -0.1) is 0 Å². The zero-order valence-electron chi connectivity index (χ0n) is 30.7. The largest absolute Gasteiger partial charge is 0.376 e. The van der Waals surface area contributed by atoms with Crippen LogP contribution in [0.1, 0.15) is 196 Å². The Bertz CT molecular complexity index is 633. The van der Waals surface area contributed by atoms with Crippen LogP contribution in [0, 0.1) is 0 Å². The van der Waals surface area contributed by atoms with Crippen LogP contribution in [0.2, 0.25) is 0 Å². The summed E-state index contributed by atoms with van der Waals surface area (Å²) >= 11 is 0. The summed E-state index contributed by atoms with van der Waals surface area (Å²) in [5, 5.41) is 0. The number of ether oxygens (including phenoxy) is 2. The molecule has 0 heterocycles. The van der Waals surface area contributed by atoms with Crippen LogP contribution < -0.4 is 0 Å². The molecule has 0 aromatic carbocycles. The maximum atomic E-state index is 6.39. The Kier molecular flexibility index (Phi) is 28.1. The maximum Gasteiger partial charge on any atom is 0.0865 e. The summed E-state index contributed by atoms with van der Waals surface area (Å²) in [6.07, 6.45) is 35.7. The zero-order valence-corrected chi connectivity index (χ0v) is 30.7. The van der Waals surface area contributed by atoms with E-state index in [9.17, 15) is 0 Å². The van der Waals surface area contributed by atoms with Gasteiger partial charge in [-0.25, -0.2) is 0 Å². The highest BCUT2D eigenvalue weighted by molar-refractivity contribution is 4.95. The molecule has 0 rings (SSSR count). The van der Waals surface area contributed by atoms with Crippen molar-refractivity contribution in [3.8, 4) is 0 Å². The van der Waals surface area contributed by atoms with Gasteiger partial charge in [0.1, 0.15) is 0 Å². The smallest absolute Gasteiger partial charge is 0.0865 e. The minimum Gasteiger partial charge on any atom is -0.376 e. The van der Waals surface area contributed by atoms with Crippen LogP contribution in [0.15, 0.2) is 24.4 Å². The van der Waals surface area contributed by atoms with Crippen LogP contribution >= 0.6 is 0 Å². The summed E-state index contributed by atoms with van der Waals surface area (Å²) in [5.74, 6) is 0. The van der Waals surface area contributed by atoms with Crippen molar-refractivity contribution in [3.05, 3.63) is 24.4 Å². The first-order valence-corrected chi connectivity index (χ1v) is 18.9. The molecule has 256 valence electrons. The zero-order chi connectivity index (χ0) is 32.1. The molecule has 3 nitrogen and oxygen atoms in total. The van der Waals surface area contributed by atoms with Crippen molar-refractivity contribution in [2.75, 3.05) is 26.3 Å². The van der Waals surface area contributed by atoms with Gasteiger partial charge >= 0.3 is 0 Å². The van der Waals surface area contributed by atoms with Crippen molar-refractivity contribution < 1.29 is 9.47 Å². The first kappa shape index (κ1) is 42.2. The lowest BCUT2D eigenvalue weighted by molar-refractivity contribution is -0.0636. The van der Waals surface area contributed by atoms with Crippen LogP contribution in [0.25, 0.3) is 0 Å². The third-order valence-electron chi connectivity index (χ3n) is 8.63. The Balaban J connectivity index is 4.34. The van der Waals surface area contributed by atoms with Gasteiger partial charge in [0.25, 0.3) is 0 Å². The normalized spacial score (nSPS) is 12.4. The van der Waals surface area contributed by atoms with Crippen molar-refractivity contribution in [3.63, 3.8) is 0 Å². The number of hydrogen-bond donors (Lipinski definition) is 0. The van der Waals surface area contributed by atoms with Crippen molar-refractivity contribution in [2.45, 2.75) is 207 Å². The van der Waals surface area contributed by atoms with Gasteiger partial charge < -0.3 is 14.4 Å². The second-order valence-corrected chi connectivity index (χ2v) is 14.7. The Labute approximate surface area is 272 Å². The van der Waals surface area contributed by atoms with Gasteiger partial charge in [0, 0.05) is 25.4 Å². The molecule has 0 amide bonds. The summed E-state index contributed by atoms with van der Waals surface area (Å²) < 4.78 is 12.3. The quantitative estimate of drug-likeness (QED) is 0.0562. The highest BCUT2D eigenvalue weighted by atomic mass is 16.5. The molecule has 0 aromatic heterocycles. The lowest BCUT2D eigenvalue weighted by Crippen LogP contribution is -2.33. The van der Waals surface area contributed by atoms with Crippen molar-refractivity contribution in [1.82, 2.24) is 4.90 Å². The molecule has 0 N–H and O–H groups in total. The lowest BCUT2D eigenvalue weighted by atomic mass is 10.0. The van der Waals surface area contributed by atoms with Gasteiger partial charge in [0.2, 0.25) is 0 Å². The minimum absolute atomic E-state index is 0.100. The van der Waals surface area contributed by atoms with E-state index in [0.717, 1.165) is 31.8 Å². The van der Waals surface area contributed by atoms with E-state index < -0.39 is 0 Å². The molecule has 0 aliphatic rings. The molecule has 0 spiro atoms. The molecule has 0 unspecified atom stereocenters. The van der Waals surface area contributed by atoms with Crippen molar-refractivity contribution in [2.24, 2.45) is 0 Å². The molecule has 0 saturated carbocycles. The first-order chi connectivity index (χ1) is 20.6. The third kappa shape index (κ3) is 31.0. The molecule has 43 heavy (non-hydrogen) atoms. The van der Waals surface area contributed by atoms with Crippen LogP contribution in [0.4, 0.5) is 0 Å². The van der Waals surface area contributed by atoms with E-state index in [0.29, 0.717) is 6.61 Å². The fraction of sp³-hybridized carbons (Fsp3) is 0.900. The van der Waals surface area contributed by atoms with E-state index in [-0.39, 0.29) is 11.2 Å². The second-order valence-electron chi connectivity index (χ2n) is 14.7. The van der Waals surface area contributed by atoms with Gasteiger partial charge in [-0.05, 0) is 73.6 Å². The minimum atomic E-state index is -0.206. The van der Waals surface area contributed by atoms with E-state index in [2.05, 4.69) is 72.1 Å². The SMILES string of the molecule is C=C(COC(C)(C)CCOC(C)(C)C)N(CCCCCCCCCCC/C=C/C)CCCCCCCCCCCCCC. The van der Waals surface area contributed by atoms with Gasteiger partial charge in [0.15, 0.2) is 0 Å². The van der Waals surface area contributed by atoms with Crippen LogP contribution in [-0.2, 0) is 9.47 Å². The van der Waals surface area contributed by atoms with Gasteiger partial charge in [-0.3, -0.25) is 0 Å². The van der Waals surface area contributed by atoms with Crippen LogP contribution in [0.3, 0.4) is 0 Å². The molecule has 0 fully saturated rings. The molecule has 0 aliphatic carbocycles.